The predicted molar refractivity (Wildman–Crippen MR) is 245 cm³/mol. The van der Waals surface area contributed by atoms with Crippen LogP contribution in [0.1, 0.15) is 87.2 Å². The zero-order chi connectivity index (χ0) is 45.6. The zero-order valence-corrected chi connectivity index (χ0v) is 37.9. The molecule has 0 aliphatic carbocycles. The fourth-order valence-corrected chi connectivity index (χ4v) is 10.5. The number of pyridine rings is 1. The molecule has 1 unspecified atom stereocenters. The van der Waals surface area contributed by atoms with Crippen molar-refractivity contribution in [3.05, 3.63) is 74.9 Å². The van der Waals surface area contributed by atoms with Crippen LogP contribution in [0.3, 0.4) is 0 Å². The maximum Gasteiger partial charge on any atom is 0.293 e. The van der Waals surface area contributed by atoms with E-state index < -0.39 is 23.3 Å². The van der Waals surface area contributed by atoms with Gasteiger partial charge in [-0.25, -0.2) is 9.37 Å². The van der Waals surface area contributed by atoms with Gasteiger partial charge in [0.05, 0.1) is 17.4 Å². The predicted octanol–water partition coefficient (Wildman–Crippen LogP) is 5.39. The summed E-state index contributed by atoms with van der Waals surface area (Å²) < 4.78 is 23.2. The fraction of sp³-hybridized carbons (Fsp3) is 0.511. The average molecular weight is 911 g/mol. The summed E-state index contributed by atoms with van der Waals surface area (Å²) in [5, 5.41) is 8.27. The Morgan fingerprint density at radius 2 is 1.71 bits per heavy atom. The van der Waals surface area contributed by atoms with Crippen LogP contribution in [0, 0.1) is 17.2 Å². The number of imide groups is 1. The van der Waals surface area contributed by atoms with Crippen LogP contribution in [0.15, 0.2) is 47.4 Å². The average Bonchev–Trinajstić information content (AvgIpc) is 3.63. The molecule has 18 heteroatoms. The highest BCUT2D eigenvalue weighted by atomic mass is 35.5. The Labute approximate surface area is 381 Å². The number of benzene rings is 2. The van der Waals surface area contributed by atoms with Gasteiger partial charge in [0.1, 0.15) is 11.1 Å². The maximum atomic E-state index is 16.3. The number of likely N-dealkylation sites (tertiary alicyclic amines) is 1. The SMILES string of the molecule is CNC(=O)COc1cc2c(F)c(Nc3nc(N4CCC(CN5CCC6(CC5)CCN(c5ccc7c(c5)CN(C5CCC(=O)NC5=O)C7=O)CC6)CC4)ncc3Cl)ccc2n(C(C)C)c1=O. The van der Waals surface area contributed by atoms with E-state index in [4.69, 9.17) is 21.3 Å². The quantitative estimate of drug-likeness (QED) is 0.164. The molecule has 5 aliphatic rings. The second kappa shape index (κ2) is 18.2. The first-order valence-electron chi connectivity index (χ1n) is 22.8. The van der Waals surface area contributed by atoms with E-state index in [0.717, 1.165) is 82.7 Å². The van der Waals surface area contributed by atoms with Crippen LogP contribution in [0.5, 0.6) is 5.75 Å². The van der Waals surface area contributed by atoms with Crippen molar-refractivity contribution in [1.82, 2.24) is 35.0 Å². The first-order chi connectivity index (χ1) is 31.3. The first kappa shape index (κ1) is 44.4. The number of ether oxygens (including phenoxy) is 1. The molecule has 0 radical (unpaired) electrons. The van der Waals surface area contributed by atoms with Gasteiger partial charge in [0.25, 0.3) is 17.4 Å². The number of anilines is 4. The van der Waals surface area contributed by atoms with Gasteiger partial charge in [-0.3, -0.25) is 29.3 Å². The molecule has 1 spiro atoms. The summed E-state index contributed by atoms with van der Waals surface area (Å²) in [7, 11) is 1.47. The van der Waals surface area contributed by atoms with E-state index in [9.17, 15) is 24.0 Å². The second-order valence-corrected chi connectivity index (χ2v) is 19.0. The number of hydrogen-bond donors (Lipinski definition) is 3. The standard InChI is InChI=1S/C47H56ClFN10O6/c1-28(2)59-36-7-6-35(41(49)33(36)23-38(45(59)64)65-27-40(61)50-3)52-42-34(48)24-51-46(54-42)57-16-10-29(11-17-57)25-55-18-12-47(13-19-55)14-20-56(21-15-47)31-4-5-32-30(22-31)26-58(44(32)63)37-8-9-39(60)53-43(37)62/h4-7,22-24,28-29,37H,8-21,25-27H2,1-3H3,(H,50,61)(H,51,52,54)(H,53,60,62). The van der Waals surface area contributed by atoms with Gasteiger partial charge in [-0.1, -0.05) is 11.6 Å². The molecule has 7 heterocycles. The molecular weight excluding hydrogens is 855 g/mol. The molecule has 4 amide bonds. The van der Waals surface area contributed by atoms with E-state index in [1.165, 1.54) is 36.7 Å². The number of fused-ring (bicyclic) bond motifs is 2. The third-order valence-corrected chi connectivity index (χ3v) is 14.6. The van der Waals surface area contributed by atoms with Crippen LogP contribution in [0.2, 0.25) is 5.02 Å². The maximum absolute atomic E-state index is 16.3. The minimum Gasteiger partial charge on any atom is -0.478 e. The van der Waals surface area contributed by atoms with Gasteiger partial charge >= 0.3 is 0 Å². The molecule has 65 heavy (non-hydrogen) atoms. The highest BCUT2D eigenvalue weighted by Gasteiger charge is 2.41. The van der Waals surface area contributed by atoms with E-state index in [1.807, 2.05) is 26.0 Å². The Hall–Kier alpha value is -5.81. The van der Waals surface area contributed by atoms with Crippen LogP contribution in [0.25, 0.3) is 10.9 Å². The molecule has 0 bridgehead atoms. The van der Waals surface area contributed by atoms with Crippen LogP contribution in [-0.4, -0.2) is 113 Å². The van der Waals surface area contributed by atoms with Crippen LogP contribution >= 0.6 is 11.6 Å². The second-order valence-electron chi connectivity index (χ2n) is 18.6. The Bertz CT molecular complexity index is 2580. The summed E-state index contributed by atoms with van der Waals surface area (Å²) in [6, 6.07) is 9.69. The van der Waals surface area contributed by atoms with E-state index in [-0.39, 0.29) is 64.5 Å². The fourth-order valence-electron chi connectivity index (χ4n) is 10.4. The molecule has 9 rings (SSSR count). The summed E-state index contributed by atoms with van der Waals surface area (Å²) in [5.41, 5.74) is 3.10. The minimum absolute atomic E-state index is 0.113. The number of likely N-dealkylation sites (N-methyl/N-ethyl adjacent to an activating group) is 1. The number of carbonyl (C=O) groups is 4. The Kier molecular flexibility index (Phi) is 12.4. The molecule has 0 saturated carbocycles. The number of nitrogens with zero attached hydrogens (tertiary/aromatic N) is 7. The summed E-state index contributed by atoms with van der Waals surface area (Å²) in [6.07, 6.45) is 8.80. The molecule has 4 saturated heterocycles. The number of amides is 4. The number of halogens is 2. The lowest BCUT2D eigenvalue weighted by atomic mass is 9.71. The number of hydrogen-bond acceptors (Lipinski definition) is 12. The molecular formula is C47H56ClFN10O6. The van der Waals surface area contributed by atoms with Crippen molar-refractivity contribution in [3.8, 4) is 5.75 Å². The van der Waals surface area contributed by atoms with Gasteiger partial charge in [0.2, 0.25) is 17.8 Å². The summed E-state index contributed by atoms with van der Waals surface area (Å²) in [4.78, 5) is 80.6. The molecule has 4 aromatic rings. The first-order valence-corrected chi connectivity index (χ1v) is 23.2. The number of rotatable bonds is 11. The normalized spacial score (nSPS) is 20.4. The number of piperidine rings is 4. The smallest absolute Gasteiger partial charge is 0.293 e. The van der Waals surface area contributed by atoms with Crippen LogP contribution in [-0.2, 0) is 20.9 Å². The Morgan fingerprint density at radius 1 is 0.969 bits per heavy atom. The lowest BCUT2D eigenvalue weighted by molar-refractivity contribution is -0.137. The van der Waals surface area contributed by atoms with Crippen molar-refractivity contribution < 1.29 is 28.3 Å². The van der Waals surface area contributed by atoms with Gasteiger partial charge in [0.15, 0.2) is 24.0 Å². The van der Waals surface area contributed by atoms with Crippen LogP contribution < -0.4 is 36.0 Å². The van der Waals surface area contributed by atoms with Crippen molar-refractivity contribution in [2.24, 2.45) is 11.3 Å². The van der Waals surface area contributed by atoms with Crippen molar-refractivity contribution >= 4 is 69.3 Å². The number of nitrogens with one attached hydrogen (secondary N) is 3. The molecule has 2 aromatic carbocycles. The zero-order valence-electron chi connectivity index (χ0n) is 37.1. The van der Waals surface area contributed by atoms with Gasteiger partial charge in [0, 0.05) is 75.4 Å². The lowest BCUT2D eigenvalue weighted by Gasteiger charge is -2.48. The topological polar surface area (TPSA) is 174 Å². The monoisotopic (exact) mass is 910 g/mol. The van der Waals surface area contributed by atoms with E-state index >= 15 is 4.39 Å². The highest BCUT2D eigenvalue weighted by Crippen LogP contribution is 2.43. The highest BCUT2D eigenvalue weighted by molar-refractivity contribution is 6.33. The molecule has 4 fully saturated rings. The molecule has 16 nitrogen and oxygen atoms in total. The summed E-state index contributed by atoms with van der Waals surface area (Å²) >= 11 is 6.56. The van der Waals surface area contributed by atoms with Crippen molar-refractivity contribution in [1.29, 1.82) is 0 Å². The number of aromatic nitrogens is 3. The minimum atomic E-state index is -0.620. The van der Waals surface area contributed by atoms with Crippen LogP contribution in [0.4, 0.5) is 27.5 Å². The summed E-state index contributed by atoms with van der Waals surface area (Å²) in [5.74, 6) is -0.637. The molecule has 1 atom stereocenters. The van der Waals surface area contributed by atoms with Gasteiger partial charge < -0.3 is 39.5 Å². The van der Waals surface area contributed by atoms with E-state index in [2.05, 4.69) is 41.7 Å². The molecule has 5 aliphatic heterocycles. The van der Waals surface area contributed by atoms with E-state index in [1.54, 1.807) is 17.0 Å². The van der Waals surface area contributed by atoms with E-state index in [0.29, 0.717) is 41.3 Å². The van der Waals surface area contributed by atoms with Crippen molar-refractivity contribution in [3.63, 3.8) is 0 Å². The summed E-state index contributed by atoms with van der Waals surface area (Å²) in [6.45, 7) is 10.4. The largest absolute Gasteiger partial charge is 0.478 e. The number of carbonyl (C=O) groups excluding carboxylic acids is 4. The lowest BCUT2D eigenvalue weighted by Crippen LogP contribution is -2.52. The Balaban J connectivity index is 0.763. The van der Waals surface area contributed by atoms with Gasteiger partial charge in [-0.05, 0) is 125 Å². The van der Waals surface area contributed by atoms with Gasteiger partial charge in [-0.15, -0.1) is 0 Å². The van der Waals surface area contributed by atoms with Crippen molar-refractivity contribution in [2.75, 3.05) is 74.6 Å². The van der Waals surface area contributed by atoms with Crippen molar-refractivity contribution in [2.45, 2.75) is 83.8 Å². The molecule has 344 valence electrons. The third-order valence-electron chi connectivity index (χ3n) is 14.3. The Morgan fingerprint density at radius 3 is 2.42 bits per heavy atom. The molecule has 3 N–H and O–H groups in total. The van der Waals surface area contributed by atoms with Gasteiger partial charge in [-0.2, -0.15) is 4.98 Å². The third kappa shape index (κ3) is 8.96. The molecule has 2 aromatic heterocycles.